The number of carbonyl (C=O) groups is 1. The van der Waals surface area contributed by atoms with E-state index >= 15 is 0 Å². The summed E-state index contributed by atoms with van der Waals surface area (Å²) in [7, 11) is 0. The van der Waals surface area contributed by atoms with Crippen molar-refractivity contribution in [3.63, 3.8) is 0 Å². The van der Waals surface area contributed by atoms with Crippen LogP contribution in [0.4, 0.5) is 19.0 Å². The molecule has 2 N–H and O–H groups in total. The van der Waals surface area contributed by atoms with Gasteiger partial charge in [-0.05, 0) is 25.5 Å². The summed E-state index contributed by atoms with van der Waals surface area (Å²) in [6.45, 7) is 6.28. The Morgan fingerprint density at radius 1 is 1.20 bits per heavy atom. The topological polar surface area (TPSA) is 135 Å². The third kappa shape index (κ3) is 7.42. The van der Waals surface area contributed by atoms with Crippen molar-refractivity contribution >= 4 is 17.4 Å². The number of nitriles is 1. The smallest absolute Gasteiger partial charge is 0.379 e. The highest BCUT2D eigenvalue weighted by Crippen LogP contribution is 2.37. The van der Waals surface area contributed by atoms with E-state index in [2.05, 4.69) is 30.6 Å². The minimum Gasteiger partial charge on any atom is -0.379 e. The molecular formula is C30H34F3N9O3. The molecule has 0 spiro atoms. The number of anilines is 1. The third-order valence-corrected chi connectivity index (χ3v) is 7.55. The van der Waals surface area contributed by atoms with Crippen molar-refractivity contribution in [3.05, 3.63) is 66.4 Å². The number of rotatable bonds is 12. The molecule has 4 aromatic rings. The van der Waals surface area contributed by atoms with Crippen molar-refractivity contribution < 1.29 is 27.4 Å². The molecule has 3 atom stereocenters. The molecule has 0 radical (unpaired) electrons. The van der Waals surface area contributed by atoms with Crippen LogP contribution < -0.4 is 10.6 Å². The average Bonchev–Trinajstić information content (AvgIpc) is 3.70. The Balaban J connectivity index is 1.37. The summed E-state index contributed by atoms with van der Waals surface area (Å²) in [5.74, 6) is 0.161. The van der Waals surface area contributed by atoms with Crippen LogP contribution in [0.1, 0.15) is 42.4 Å². The molecule has 5 rings (SSSR count). The number of halogens is 3. The van der Waals surface area contributed by atoms with Crippen LogP contribution in [-0.4, -0.2) is 86.7 Å². The Morgan fingerprint density at radius 2 is 1.96 bits per heavy atom. The zero-order valence-corrected chi connectivity index (χ0v) is 24.9. The summed E-state index contributed by atoms with van der Waals surface area (Å²) >= 11 is 0. The molecule has 1 saturated heterocycles. The van der Waals surface area contributed by atoms with Crippen LogP contribution in [0.2, 0.25) is 0 Å². The first kappa shape index (κ1) is 31.9. The van der Waals surface area contributed by atoms with Crippen molar-refractivity contribution in [1.82, 2.24) is 34.4 Å². The maximum atomic E-state index is 14.0. The fourth-order valence-corrected chi connectivity index (χ4v) is 5.00. The van der Waals surface area contributed by atoms with Gasteiger partial charge in [-0.25, -0.2) is 9.97 Å². The molecule has 0 bridgehead atoms. The molecule has 3 aromatic heterocycles. The van der Waals surface area contributed by atoms with Gasteiger partial charge in [0.1, 0.15) is 12.2 Å². The molecule has 1 aromatic carbocycles. The number of ether oxygens (including phenoxy) is 2. The van der Waals surface area contributed by atoms with Gasteiger partial charge in [0.2, 0.25) is 0 Å². The molecule has 0 saturated carbocycles. The number of amides is 1. The number of morpholine rings is 1. The first-order valence-corrected chi connectivity index (χ1v) is 14.6. The summed E-state index contributed by atoms with van der Waals surface area (Å²) < 4.78 is 56.2. The number of aromatic nitrogens is 5. The van der Waals surface area contributed by atoms with Crippen LogP contribution in [0.5, 0.6) is 0 Å². The van der Waals surface area contributed by atoms with Crippen LogP contribution in [0.25, 0.3) is 16.9 Å². The van der Waals surface area contributed by atoms with E-state index in [4.69, 9.17) is 9.47 Å². The van der Waals surface area contributed by atoms with Crippen molar-refractivity contribution in [2.24, 2.45) is 0 Å². The van der Waals surface area contributed by atoms with Gasteiger partial charge in [0.05, 0.1) is 49.4 Å². The van der Waals surface area contributed by atoms with Crippen LogP contribution >= 0.6 is 0 Å². The number of nitrogens with one attached hydrogen (secondary N) is 2. The van der Waals surface area contributed by atoms with Gasteiger partial charge >= 0.3 is 6.18 Å². The molecule has 45 heavy (non-hydrogen) atoms. The predicted molar refractivity (Wildman–Crippen MR) is 158 cm³/mol. The van der Waals surface area contributed by atoms with Gasteiger partial charge in [-0.1, -0.05) is 25.1 Å². The summed E-state index contributed by atoms with van der Waals surface area (Å²) in [4.78, 5) is 23.6. The highest BCUT2D eigenvalue weighted by atomic mass is 19.4. The second-order valence-corrected chi connectivity index (χ2v) is 10.5. The lowest BCUT2D eigenvalue weighted by molar-refractivity contribution is -0.141. The minimum atomic E-state index is -4.75. The zero-order chi connectivity index (χ0) is 32.0. The van der Waals surface area contributed by atoms with E-state index < -0.39 is 17.9 Å². The molecule has 1 aliphatic heterocycles. The van der Waals surface area contributed by atoms with Crippen LogP contribution in [0.15, 0.2) is 55.1 Å². The summed E-state index contributed by atoms with van der Waals surface area (Å²) in [6, 6.07) is 9.94. The Morgan fingerprint density at radius 3 is 2.64 bits per heavy atom. The molecule has 238 valence electrons. The highest BCUT2D eigenvalue weighted by Gasteiger charge is 2.39. The van der Waals surface area contributed by atoms with E-state index in [-0.39, 0.29) is 36.0 Å². The number of benzene rings is 1. The maximum absolute atomic E-state index is 14.0. The Hall–Kier alpha value is -4.52. The molecule has 1 aliphatic rings. The van der Waals surface area contributed by atoms with Gasteiger partial charge in [0.15, 0.2) is 17.2 Å². The molecule has 15 heteroatoms. The summed E-state index contributed by atoms with van der Waals surface area (Å²) in [5, 5.41) is 19.2. The Kier molecular flexibility index (Phi) is 9.96. The van der Waals surface area contributed by atoms with Gasteiger partial charge in [0, 0.05) is 43.8 Å². The largest absolute Gasteiger partial charge is 0.435 e. The van der Waals surface area contributed by atoms with Gasteiger partial charge in [-0.3, -0.25) is 18.8 Å². The highest BCUT2D eigenvalue weighted by molar-refractivity contribution is 5.94. The maximum Gasteiger partial charge on any atom is 0.435 e. The quantitative estimate of drug-likeness (QED) is 0.240. The van der Waals surface area contributed by atoms with Crippen LogP contribution in [-0.2, 0) is 15.7 Å². The van der Waals surface area contributed by atoms with E-state index in [9.17, 15) is 23.2 Å². The second kappa shape index (κ2) is 14.1. The van der Waals surface area contributed by atoms with Crippen molar-refractivity contribution in [2.75, 3.05) is 44.8 Å². The first-order valence-electron chi connectivity index (χ1n) is 14.6. The van der Waals surface area contributed by atoms with Gasteiger partial charge < -0.3 is 20.1 Å². The molecule has 3 unspecified atom stereocenters. The van der Waals surface area contributed by atoms with Crippen molar-refractivity contribution in [1.29, 1.82) is 5.26 Å². The summed E-state index contributed by atoms with van der Waals surface area (Å²) in [6.07, 6.45) is 0.802. The van der Waals surface area contributed by atoms with Crippen LogP contribution in [0, 0.1) is 11.3 Å². The SMILES string of the molecule is CCC(CNC(=O)c1ccccc1)OCC(Nc1nccn2c(-c3cn(C(C)C#N)nc3C(F)(F)F)cnc12)N1CCOCC1. The summed E-state index contributed by atoms with van der Waals surface area (Å²) in [5.41, 5.74) is -0.290. The third-order valence-electron chi connectivity index (χ3n) is 7.55. The standard InChI is InChI=1S/C30H34F3N9O3/c1-3-22(16-37-29(43)21-7-5-4-6-8-21)45-19-25(40-11-13-44-14-12-40)38-27-28-36-17-24(41(28)10-9-35-27)23-18-42(20(2)15-34)39-26(23)30(31,32)33/h4-10,17-18,20,22,25H,3,11-14,16,19H2,1-2H3,(H,35,38)(H,37,43). The van der Waals surface area contributed by atoms with E-state index in [0.717, 1.165) is 4.68 Å². The van der Waals surface area contributed by atoms with E-state index in [1.807, 2.05) is 19.1 Å². The van der Waals surface area contributed by atoms with Gasteiger partial charge in [-0.15, -0.1) is 0 Å². The van der Waals surface area contributed by atoms with E-state index in [0.29, 0.717) is 56.3 Å². The number of imidazole rings is 1. The molecular weight excluding hydrogens is 591 g/mol. The number of alkyl halides is 3. The zero-order valence-electron chi connectivity index (χ0n) is 24.9. The number of carbonyl (C=O) groups excluding carboxylic acids is 1. The number of nitrogens with zero attached hydrogens (tertiary/aromatic N) is 7. The fourth-order valence-electron chi connectivity index (χ4n) is 5.00. The van der Waals surface area contributed by atoms with Crippen molar-refractivity contribution in [2.45, 2.75) is 44.8 Å². The lowest BCUT2D eigenvalue weighted by Gasteiger charge is -2.35. The monoisotopic (exact) mass is 625 g/mol. The number of hydrogen-bond acceptors (Lipinski definition) is 9. The van der Waals surface area contributed by atoms with E-state index in [1.165, 1.54) is 36.1 Å². The van der Waals surface area contributed by atoms with Gasteiger partial charge in [-0.2, -0.15) is 23.5 Å². The first-order chi connectivity index (χ1) is 21.7. The molecule has 0 aliphatic carbocycles. The average molecular weight is 626 g/mol. The Labute approximate surface area is 257 Å². The number of fused-ring (bicyclic) bond motifs is 1. The number of hydrogen-bond donors (Lipinski definition) is 2. The molecule has 1 fully saturated rings. The molecule has 1 amide bonds. The normalized spacial score (nSPS) is 16.2. The molecule has 4 heterocycles. The molecule has 12 nitrogen and oxygen atoms in total. The fraction of sp³-hybridized carbons (Fsp3) is 0.433. The lowest BCUT2D eigenvalue weighted by atomic mass is 10.2. The minimum absolute atomic E-state index is 0.151. The van der Waals surface area contributed by atoms with Gasteiger partial charge in [0.25, 0.3) is 5.91 Å². The second-order valence-electron chi connectivity index (χ2n) is 10.5. The lowest BCUT2D eigenvalue weighted by Crippen LogP contribution is -2.50. The van der Waals surface area contributed by atoms with Crippen molar-refractivity contribution in [3.8, 4) is 17.3 Å². The Bertz CT molecular complexity index is 1630. The predicted octanol–water partition coefficient (Wildman–Crippen LogP) is 3.99. The van der Waals surface area contributed by atoms with Crippen LogP contribution in [0.3, 0.4) is 0 Å². The van der Waals surface area contributed by atoms with E-state index in [1.54, 1.807) is 24.3 Å².